The second-order valence-corrected chi connectivity index (χ2v) is 12.0. The van der Waals surface area contributed by atoms with E-state index in [1.54, 1.807) is 18.2 Å². The highest BCUT2D eigenvalue weighted by Crippen LogP contribution is 2.12. The summed E-state index contributed by atoms with van der Waals surface area (Å²) < 4.78 is 31.4. The average Bonchev–Trinajstić information content (AvgIpc) is 3.16. The highest BCUT2D eigenvalue weighted by Gasteiger charge is 2.33. The van der Waals surface area contributed by atoms with Crippen molar-refractivity contribution in [3.63, 3.8) is 0 Å². The molecule has 0 fully saturated rings. The van der Waals surface area contributed by atoms with Crippen LogP contribution in [0.15, 0.2) is 42.5 Å². The number of terminal acetylenes is 1. The molecule has 15 heteroatoms. The van der Waals surface area contributed by atoms with Gasteiger partial charge >= 0.3 is 17.9 Å². The molecule has 0 aliphatic rings. The number of halogens is 1. The third-order valence-electron chi connectivity index (χ3n) is 7.09. The van der Waals surface area contributed by atoms with E-state index in [1.807, 2.05) is 24.3 Å². The molecule has 0 aromatic heterocycles. The third kappa shape index (κ3) is 16.7. The van der Waals surface area contributed by atoms with Crippen LogP contribution in [0, 0.1) is 27.8 Å². The predicted molar refractivity (Wildman–Crippen MR) is 198 cm³/mol. The minimum absolute atomic E-state index is 0.158. The van der Waals surface area contributed by atoms with Gasteiger partial charge in [-0.15, -0.1) is 6.42 Å². The van der Waals surface area contributed by atoms with Crippen molar-refractivity contribution < 1.29 is 52.4 Å². The first kappa shape index (κ1) is 43.6. The lowest BCUT2D eigenvalue weighted by atomic mass is 10.0. The van der Waals surface area contributed by atoms with Gasteiger partial charge in [-0.3, -0.25) is 19.7 Å². The monoisotopic (exact) mass is 833 g/mol. The van der Waals surface area contributed by atoms with Crippen LogP contribution < -0.4 is 16.0 Å². The Balaban J connectivity index is 1.56. The van der Waals surface area contributed by atoms with Gasteiger partial charge in [-0.1, -0.05) is 17.8 Å². The van der Waals surface area contributed by atoms with Gasteiger partial charge in [-0.2, -0.15) is 0 Å². The van der Waals surface area contributed by atoms with Crippen molar-refractivity contribution in [1.82, 2.24) is 16.0 Å². The molecule has 280 valence electrons. The molecule has 2 amide bonds. The number of unbranched alkanes of at least 4 members (excludes halogenated alkanes) is 1. The van der Waals surface area contributed by atoms with Crippen LogP contribution in [0.2, 0.25) is 0 Å². The van der Waals surface area contributed by atoms with E-state index in [1.165, 1.54) is 7.11 Å². The number of hydrogen-bond acceptors (Lipinski definition) is 12. The van der Waals surface area contributed by atoms with Crippen molar-refractivity contribution in [3.05, 3.63) is 68.3 Å². The van der Waals surface area contributed by atoms with Crippen LogP contribution in [0.4, 0.5) is 0 Å². The predicted octanol–water partition coefficient (Wildman–Crippen LogP) is 1.58. The van der Waals surface area contributed by atoms with Gasteiger partial charge in [0.15, 0.2) is 0 Å². The topological polar surface area (TPSA) is 177 Å². The lowest BCUT2D eigenvalue weighted by molar-refractivity contribution is -0.156. The number of carbonyl (C=O) groups is 5. The van der Waals surface area contributed by atoms with Crippen LogP contribution in [0.5, 0.6) is 0 Å². The highest BCUT2D eigenvalue weighted by molar-refractivity contribution is 14.1. The van der Waals surface area contributed by atoms with Gasteiger partial charge < -0.3 is 39.1 Å². The van der Waals surface area contributed by atoms with E-state index in [4.69, 9.17) is 25.4 Å². The molecule has 1 atom stereocenters. The zero-order valence-corrected chi connectivity index (χ0v) is 31.6. The Bertz CT molecular complexity index is 1570. The molecule has 0 saturated carbocycles. The highest BCUT2D eigenvalue weighted by atomic mass is 127. The fraction of sp³-hybridized carbons (Fsp3) is 0.432. The van der Waals surface area contributed by atoms with E-state index in [0.717, 1.165) is 23.4 Å². The quantitative estimate of drug-likeness (QED) is 0.0391. The van der Waals surface area contributed by atoms with Crippen LogP contribution >= 0.6 is 22.6 Å². The molecule has 0 radical (unpaired) electrons. The minimum Gasteiger partial charge on any atom is -0.468 e. The second kappa shape index (κ2) is 25.4. The lowest BCUT2D eigenvalue weighted by Crippen LogP contribution is -2.52. The standard InChI is InChI=1S/C37H44IN3O11/c1-5-26-9-13-28(14-10-27-11-15-29(38)16-12-27)30(24-26)34(43)40-18-19-50-20-21-51-22-23-52-25-32(42)39-17-7-6-8-31(35(44)47-2)41-33(36(45)48-3)37(46)49-4/h1,9,11-13,15-16,24,31,33,41H,6-8,17-23,25H2,2-4H3,(H,39,42)(H,40,43). The summed E-state index contributed by atoms with van der Waals surface area (Å²) in [5.74, 6) is 5.60. The first-order valence-corrected chi connectivity index (χ1v) is 17.4. The van der Waals surface area contributed by atoms with Gasteiger partial charge in [0.2, 0.25) is 11.9 Å². The zero-order chi connectivity index (χ0) is 38.1. The summed E-state index contributed by atoms with van der Waals surface area (Å²) in [7, 11) is 3.41. The fourth-order valence-electron chi connectivity index (χ4n) is 4.37. The van der Waals surface area contributed by atoms with Gasteiger partial charge in [0, 0.05) is 33.4 Å². The molecule has 0 aliphatic heterocycles. The first-order valence-electron chi connectivity index (χ1n) is 16.3. The Hall–Kier alpha value is -4.52. The summed E-state index contributed by atoms with van der Waals surface area (Å²) in [6, 6.07) is 10.4. The van der Waals surface area contributed by atoms with E-state index in [9.17, 15) is 24.0 Å². The number of nitrogens with one attached hydrogen (secondary N) is 3. The summed E-state index contributed by atoms with van der Waals surface area (Å²) in [5.41, 5.74) is 2.36. The van der Waals surface area contributed by atoms with Gasteiger partial charge in [0.25, 0.3) is 5.91 Å². The van der Waals surface area contributed by atoms with Crippen LogP contribution in [0.3, 0.4) is 0 Å². The number of carbonyl (C=O) groups excluding carboxylic acids is 5. The largest absolute Gasteiger partial charge is 0.468 e. The van der Waals surface area contributed by atoms with E-state index < -0.39 is 30.0 Å². The second-order valence-electron chi connectivity index (χ2n) is 10.8. The van der Waals surface area contributed by atoms with Crippen molar-refractivity contribution in [1.29, 1.82) is 0 Å². The van der Waals surface area contributed by atoms with Crippen molar-refractivity contribution in [2.75, 3.05) is 74.1 Å². The number of amides is 2. The van der Waals surface area contributed by atoms with Crippen molar-refractivity contribution >= 4 is 52.3 Å². The molecule has 3 N–H and O–H groups in total. The Morgan fingerprint density at radius 3 is 1.98 bits per heavy atom. The molecule has 2 aromatic rings. The molecule has 0 aliphatic carbocycles. The third-order valence-corrected chi connectivity index (χ3v) is 7.81. The first-order chi connectivity index (χ1) is 25.1. The van der Waals surface area contributed by atoms with Crippen LogP contribution in [-0.2, 0) is 47.6 Å². The summed E-state index contributed by atoms with van der Waals surface area (Å²) in [5, 5.41) is 8.15. The van der Waals surface area contributed by atoms with E-state index in [2.05, 4.69) is 65.8 Å². The smallest absolute Gasteiger partial charge is 0.334 e. The van der Waals surface area contributed by atoms with Gasteiger partial charge in [0.1, 0.15) is 12.6 Å². The van der Waals surface area contributed by atoms with Crippen LogP contribution in [-0.4, -0.2) is 116 Å². The Kier molecular flexibility index (Phi) is 21.3. The number of hydrogen-bond donors (Lipinski definition) is 3. The summed E-state index contributed by atoms with van der Waals surface area (Å²) in [4.78, 5) is 60.9. The molecule has 2 rings (SSSR count). The maximum atomic E-state index is 12.9. The molecule has 1 unspecified atom stereocenters. The molecule has 0 saturated heterocycles. The number of ether oxygens (including phenoxy) is 6. The number of esters is 3. The fourth-order valence-corrected chi connectivity index (χ4v) is 4.73. The van der Waals surface area contributed by atoms with E-state index in [0.29, 0.717) is 49.3 Å². The van der Waals surface area contributed by atoms with E-state index >= 15 is 0 Å². The van der Waals surface area contributed by atoms with Gasteiger partial charge in [0.05, 0.1) is 59.9 Å². The Morgan fingerprint density at radius 2 is 1.35 bits per heavy atom. The summed E-state index contributed by atoms with van der Waals surface area (Å²) >= 11 is 2.22. The summed E-state index contributed by atoms with van der Waals surface area (Å²) in [6.07, 6.45) is 6.74. The minimum atomic E-state index is -1.48. The van der Waals surface area contributed by atoms with Crippen LogP contribution in [0.25, 0.3) is 0 Å². The van der Waals surface area contributed by atoms with E-state index in [-0.39, 0.29) is 51.2 Å². The molecule has 52 heavy (non-hydrogen) atoms. The van der Waals surface area contributed by atoms with Crippen LogP contribution in [0.1, 0.15) is 46.3 Å². The van der Waals surface area contributed by atoms with Crippen molar-refractivity contribution in [3.8, 4) is 24.2 Å². The molecule has 14 nitrogen and oxygen atoms in total. The zero-order valence-electron chi connectivity index (χ0n) is 29.4. The van der Waals surface area contributed by atoms with Crippen molar-refractivity contribution in [2.24, 2.45) is 0 Å². The van der Waals surface area contributed by atoms with Crippen molar-refractivity contribution in [2.45, 2.75) is 31.3 Å². The molecular weight excluding hydrogens is 789 g/mol. The molecule has 2 aromatic carbocycles. The molecule has 0 bridgehead atoms. The van der Waals surface area contributed by atoms with Gasteiger partial charge in [-0.25, -0.2) is 9.59 Å². The summed E-state index contributed by atoms with van der Waals surface area (Å²) in [6.45, 7) is 1.76. The SMILES string of the molecule is C#Cc1ccc(C#Cc2ccc(I)cc2)c(C(=O)NCCOCCOCCOCC(=O)NCCCCC(NC(C(=O)OC)C(=O)OC)C(=O)OC)c1. The molecule has 0 heterocycles. The normalized spacial score (nSPS) is 11.0. The average molecular weight is 834 g/mol. The molecular formula is C37H44IN3O11. The number of benzene rings is 2. The Morgan fingerprint density at radius 1 is 0.731 bits per heavy atom. The Labute approximate surface area is 317 Å². The maximum absolute atomic E-state index is 12.9. The lowest BCUT2D eigenvalue weighted by Gasteiger charge is -2.21. The number of rotatable bonds is 22. The maximum Gasteiger partial charge on any atom is 0.334 e. The number of methoxy groups -OCH3 is 3. The molecule has 0 spiro atoms. The van der Waals surface area contributed by atoms with Gasteiger partial charge in [-0.05, 0) is 84.3 Å².